The number of benzene rings is 6. The van der Waals surface area contributed by atoms with Crippen molar-refractivity contribution in [1.82, 2.24) is 9.55 Å². The van der Waals surface area contributed by atoms with Gasteiger partial charge in [0.15, 0.2) is 0 Å². The van der Waals surface area contributed by atoms with Crippen molar-refractivity contribution in [3.05, 3.63) is 156 Å². The zero-order valence-corrected chi connectivity index (χ0v) is 27.1. The van der Waals surface area contributed by atoms with E-state index in [9.17, 15) is 0 Å². The third-order valence-electron chi connectivity index (χ3n) is 11.2. The monoisotopic (exact) mass is 602 g/mol. The number of hydrogen-bond acceptors (Lipinski definition) is 1. The number of fused-ring (bicyclic) bond motifs is 10. The van der Waals surface area contributed by atoms with Gasteiger partial charge in [-0.05, 0) is 86.3 Å². The van der Waals surface area contributed by atoms with Gasteiger partial charge in [-0.15, -0.1) is 0 Å². The molecule has 0 radical (unpaired) electrons. The Balaban J connectivity index is 1.32. The van der Waals surface area contributed by atoms with Crippen LogP contribution in [0, 0.1) is 0 Å². The molecule has 0 saturated heterocycles. The van der Waals surface area contributed by atoms with E-state index in [1.165, 1.54) is 82.8 Å². The second-order valence-corrected chi connectivity index (χ2v) is 14.4. The Morgan fingerprint density at radius 1 is 0.532 bits per heavy atom. The van der Waals surface area contributed by atoms with Crippen LogP contribution < -0.4 is 0 Å². The number of aromatic nitrogens is 2. The lowest BCUT2D eigenvalue weighted by Crippen LogP contribution is -2.26. The van der Waals surface area contributed by atoms with Gasteiger partial charge in [0.05, 0.1) is 22.4 Å². The first-order valence-electron chi connectivity index (χ1n) is 16.6. The predicted octanol–water partition coefficient (Wildman–Crippen LogP) is 11.6. The molecule has 0 unspecified atom stereocenters. The molecule has 2 nitrogen and oxygen atoms in total. The number of nitrogens with zero attached hydrogens (tertiary/aromatic N) is 2. The van der Waals surface area contributed by atoms with Crippen molar-refractivity contribution in [2.75, 3.05) is 0 Å². The van der Waals surface area contributed by atoms with Gasteiger partial charge < -0.3 is 4.57 Å². The first-order chi connectivity index (χ1) is 22.8. The average molecular weight is 603 g/mol. The Kier molecular flexibility index (Phi) is 5.16. The normalized spacial score (nSPS) is 15.1. The highest BCUT2D eigenvalue weighted by Crippen LogP contribution is 2.56. The fourth-order valence-corrected chi connectivity index (χ4v) is 8.94. The molecule has 0 N–H and O–H groups in total. The molecule has 0 amide bonds. The van der Waals surface area contributed by atoms with Gasteiger partial charge in [0, 0.05) is 38.7 Å². The summed E-state index contributed by atoms with van der Waals surface area (Å²) in [7, 11) is 0. The minimum atomic E-state index is -0.175. The minimum Gasteiger partial charge on any atom is -0.309 e. The minimum absolute atomic E-state index is 0.121. The lowest BCUT2D eigenvalue weighted by molar-refractivity contribution is 0.630. The molecule has 6 aromatic carbocycles. The zero-order valence-electron chi connectivity index (χ0n) is 27.1. The third-order valence-corrected chi connectivity index (χ3v) is 11.2. The van der Waals surface area contributed by atoms with Crippen molar-refractivity contribution in [3.8, 4) is 39.2 Å². The number of pyridine rings is 1. The highest BCUT2D eigenvalue weighted by Gasteiger charge is 2.41. The molecular weight excluding hydrogens is 569 g/mol. The van der Waals surface area contributed by atoms with E-state index in [1.807, 2.05) is 6.20 Å². The van der Waals surface area contributed by atoms with Crippen LogP contribution in [0.5, 0.6) is 0 Å². The van der Waals surface area contributed by atoms with Gasteiger partial charge in [-0.2, -0.15) is 0 Å². The van der Waals surface area contributed by atoms with Crippen molar-refractivity contribution >= 4 is 32.6 Å². The van der Waals surface area contributed by atoms with Crippen LogP contribution in [0.4, 0.5) is 0 Å². The maximum atomic E-state index is 4.87. The predicted molar refractivity (Wildman–Crippen MR) is 197 cm³/mol. The Morgan fingerprint density at radius 3 is 2.19 bits per heavy atom. The molecule has 0 fully saturated rings. The van der Waals surface area contributed by atoms with Crippen molar-refractivity contribution in [1.29, 1.82) is 0 Å². The molecule has 2 heteroatoms. The fraction of sp³-hybridized carbons (Fsp3) is 0.133. The SMILES string of the molecule is CC1(C)c2ccccc2-c2ccc3c(c21)c1cc(-c2cccc(-c4nccc5ccccc45)c2)cc2c1n3-c1ccccc1C2(C)C. The summed E-state index contributed by atoms with van der Waals surface area (Å²) in [5.74, 6) is 0. The molecule has 2 aliphatic rings. The Bertz CT molecular complexity index is 2630. The summed E-state index contributed by atoms with van der Waals surface area (Å²) in [5, 5.41) is 5.10. The van der Waals surface area contributed by atoms with Gasteiger partial charge in [0.2, 0.25) is 0 Å². The summed E-state index contributed by atoms with van der Waals surface area (Å²) in [5.41, 5.74) is 16.5. The van der Waals surface area contributed by atoms with E-state index in [-0.39, 0.29) is 10.8 Å². The highest BCUT2D eigenvalue weighted by atomic mass is 15.0. The quantitative estimate of drug-likeness (QED) is 0.192. The Labute approximate surface area is 275 Å². The summed E-state index contributed by atoms with van der Waals surface area (Å²) in [6, 6.07) is 47.3. The molecule has 0 spiro atoms. The lowest BCUT2D eigenvalue weighted by Gasteiger charge is -2.35. The third kappa shape index (κ3) is 3.43. The first kappa shape index (κ1) is 26.7. The molecule has 0 atom stereocenters. The number of hydrogen-bond donors (Lipinski definition) is 0. The van der Waals surface area contributed by atoms with Gasteiger partial charge in [-0.1, -0.05) is 119 Å². The summed E-state index contributed by atoms with van der Waals surface area (Å²) < 4.78 is 2.56. The first-order valence-corrected chi connectivity index (χ1v) is 16.6. The number of para-hydroxylation sites is 1. The molecular formula is C45H34N2. The van der Waals surface area contributed by atoms with Crippen LogP contribution in [-0.2, 0) is 10.8 Å². The summed E-state index contributed by atoms with van der Waals surface area (Å²) in [6.07, 6.45) is 1.93. The van der Waals surface area contributed by atoms with Gasteiger partial charge in [-0.3, -0.25) is 4.98 Å². The topological polar surface area (TPSA) is 17.8 Å². The van der Waals surface area contributed by atoms with E-state index >= 15 is 0 Å². The Morgan fingerprint density at radius 2 is 1.30 bits per heavy atom. The average Bonchev–Trinajstić information content (AvgIpc) is 3.56. The molecule has 0 saturated carbocycles. The lowest BCUT2D eigenvalue weighted by atomic mass is 9.73. The smallest absolute Gasteiger partial charge is 0.0780 e. The van der Waals surface area contributed by atoms with Crippen molar-refractivity contribution in [2.45, 2.75) is 38.5 Å². The fourth-order valence-electron chi connectivity index (χ4n) is 8.94. The van der Waals surface area contributed by atoms with Crippen LogP contribution in [-0.4, -0.2) is 9.55 Å². The van der Waals surface area contributed by atoms with Crippen LogP contribution in [0.1, 0.15) is 49.9 Å². The summed E-state index contributed by atoms with van der Waals surface area (Å²) >= 11 is 0. The van der Waals surface area contributed by atoms with Gasteiger partial charge in [-0.25, -0.2) is 0 Å². The van der Waals surface area contributed by atoms with E-state index in [2.05, 4.69) is 160 Å². The summed E-state index contributed by atoms with van der Waals surface area (Å²) in [6.45, 7) is 9.60. The van der Waals surface area contributed by atoms with Crippen LogP contribution in [0.25, 0.3) is 71.8 Å². The number of rotatable bonds is 2. The van der Waals surface area contributed by atoms with E-state index in [0.29, 0.717) is 0 Å². The molecule has 3 heterocycles. The molecule has 10 rings (SSSR count). The standard InChI is InChI=1S/C45H34N2/c1-44(2)36-18-9-10-19-38(36)47-39-21-20-33-32-16-7-8-17-35(32)45(3,4)41(33)40(39)34-25-30(26-37(44)43(34)47)28-13-11-14-29(24-28)42-31-15-6-5-12-27(31)22-23-46-42/h5-26H,1-4H3. The van der Waals surface area contributed by atoms with E-state index < -0.39 is 0 Å². The molecule has 1 aliphatic heterocycles. The van der Waals surface area contributed by atoms with Gasteiger partial charge >= 0.3 is 0 Å². The maximum Gasteiger partial charge on any atom is 0.0780 e. The Hall–Kier alpha value is -5.47. The molecule has 47 heavy (non-hydrogen) atoms. The second-order valence-electron chi connectivity index (χ2n) is 14.4. The van der Waals surface area contributed by atoms with Crippen LogP contribution in [0.3, 0.4) is 0 Å². The van der Waals surface area contributed by atoms with E-state index in [4.69, 9.17) is 4.98 Å². The summed E-state index contributed by atoms with van der Waals surface area (Å²) in [4.78, 5) is 4.87. The van der Waals surface area contributed by atoms with Crippen molar-refractivity contribution in [2.24, 2.45) is 0 Å². The maximum absolute atomic E-state index is 4.87. The van der Waals surface area contributed by atoms with Crippen LogP contribution in [0.2, 0.25) is 0 Å². The van der Waals surface area contributed by atoms with Crippen LogP contribution in [0.15, 0.2) is 134 Å². The molecule has 2 aromatic heterocycles. The molecule has 1 aliphatic carbocycles. The van der Waals surface area contributed by atoms with Gasteiger partial charge in [0.25, 0.3) is 0 Å². The highest BCUT2D eigenvalue weighted by molar-refractivity contribution is 6.17. The molecule has 8 aromatic rings. The second kappa shape index (κ2) is 9.08. The molecule has 0 bridgehead atoms. The van der Waals surface area contributed by atoms with Crippen molar-refractivity contribution in [3.63, 3.8) is 0 Å². The van der Waals surface area contributed by atoms with E-state index in [0.717, 1.165) is 11.3 Å². The largest absolute Gasteiger partial charge is 0.309 e. The zero-order chi connectivity index (χ0) is 31.7. The van der Waals surface area contributed by atoms with Gasteiger partial charge in [0.1, 0.15) is 0 Å². The van der Waals surface area contributed by atoms with E-state index in [1.54, 1.807) is 0 Å². The molecule has 224 valence electrons. The van der Waals surface area contributed by atoms with Crippen LogP contribution >= 0.6 is 0 Å². The van der Waals surface area contributed by atoms with Crippen molar-refractivity contribution < 1.29 is 0 Å².